The number of carbonyl (C=O) groups excluding carboxylic acids is 1. The van der Waals surface area contributed by atoms with Crippen LogP contribution < -0.4 is 10.6 Å². The number of nitrogens with one attached hydrogen (secondary N) is 2. The van der Waals surface area contributed by atoms with E-state index in [0.717, 1.165) is 5.69 Å². The number of aromatic nitrogens is 2. The van der Waals surface area contributed by atoms with Crippen LogP contribution in [0.15, 0.2) is 67.0 Å². The maximum Gasteiger partial charge on any atom is 0.319 e. The fraction of sp³-hybridized carbons (Fsp3) is 0.111. The summed E-state index contributed by atoms with van der Waals surface area (Å²) in [5.74, 6) is -0.378. The van der Waals surface area contributed by atoms with Crippen LogP contribution in [0.5, 0.6) is 0 Å². The number of anilines is 1. The number of benzene rings is 2. The lowest BCUT2D eigenvalue weighted by Gasteiger charge is -2.14. The van der Waals surface area contributed by atoms with E-state index >= 15 is 0 Å². The highest BCUT2D eigenvalue weighted by Gasteiger charge is 2.11. The molecule has 3 rings (SSSR count). The number of para-hydroxylation sites is 2. The average molecular weight is 340 g/mol. The zero-order chi connectivity index (χ0) is 17.6. The van der Waals surface area contributed by atoms with E-state index in [-0.39, 0.29) is 12.4 Å². The van der Waals surface area contributed by atoms with Crippen LogP contribution in [0, 0.1) is 5.82 Å². The summed E-state index contributed by atoms with van der Waals surface area (Å²) in [4.78, 5) is 12.1. The van der Waals surface area contributed by atoms with Crippen LogP contribution in [0.25, 0.3) is 5.69 Å². The molecule has 128 valence electrons. The van der Waals surface area contributed by atoms with Gasteiger partial charge >= 0.3 is 6.03 Å². The van der Waals surface area contributed by atoms with Gasteiger partial charge in [0, 0.05) is 18.9 Å². The Hall–Kier alpha value is -3.19. The molecule has 0 bridgehead atoms. The maximum absolute atomic E-state index is 12.9. The number of aliphatic hydroxyl groups is 1. The number of hydrogen-bond acceptors (Lipinski definition) is 3. The molecule has 0 aliphatic heterocycles. The molecule has 2 aromatic carbocycles. The number of carbonyl (C=O) groups is 1. The third-order valence-electron chi connectivity index (χ3n) is 3.61. The molecule has 0 saturated carbocycles. The van der Waals surface area contributed by atoms with Gasteiger partial charge in [0.15, 0.2) is 0 Å². The molecule has 0 aliphatic carbocycles. The second-order valence-corrected chi connectivity index (χ2v) is 5.37. The molecule has 1 heterocycles. The van der Waals surface area contributed by atoms with Gasteiger partial charge in [-0.1, -0.05) is 24.3 Å². The van der Waals surface area contributed by atoms with Crippen molar-refractivity contribution in [2.24, 2.45) is 0 Å². The summed E-state index contributed by atoms with van der Waals surface area (Å²) in [5.41, 5.74) is 1.83. The Bertz CT molecular complexity index is 835. The van der Waals surface area contributed by atoms with E-state index < -0.39 is 12.1 Å². The molecule has 1 unspecified atom stereocenters. The van der Waals surface area contributed by atoms with Crippen molar-refractivity contribution in [2.45, 2.75) is 6.10 Å². The van der Waals surface area contributed by atoms with Gasteiger partial charge in [-0.2, -0.15) is 5.10 Å². The summed E-state index contributed by atoms with van der Waals surface area (Å²) in [5, 5.41) is 19.5. The summed E-state index contributed by atoms with van der Waals surface area (Å²) in [6, 6.07) is 14.0. The first kappa shape index (κ1) is 16.7. The molecule has 0 radical (unpaired) electrons. The quantitative estimate of drug-likeness (QED) is 0.668. The Morgan fingerprint density at radius 2 is 1.92 bits per heavy atom. The Balaban J connectivity index is 1.61. The molecule has 7 heteroatoms. The number of urea groups is 1. The van der Waals surface area contributed by atoms with Gasteiger partial charge in [-0.15, -0.1) is 0 Å². The van der Waals surface area contributed by atoms with E-state index in [0.29, 0.717) is 11.3 Å². The third kappa shape index (κ3) is 4.21. The van der Waals surface area contributed by atoms with Crippen molar-refractivity contribution >= 4 is 11.7 Å². The highest BCUT2D eigenvalue weighted by molar-refractivity contribution is 5.91. The zero-order valence-electron chi connectivity index (χ0n) is 13.3. The minimum atomic E-state index is -0.923. The molecule has 0 spiro atoms. The van der Waals surface area contributed by atoms with Gasteiger partial charge in [0.25, 0.3) is 0 Å². The largest absolute Gasteiger partial charge is 0.387 e. The molecule has 25 heavy (non-hydrogen) atoms. The van der Waals surface area contributed by atoms with Crippen LogP contribution in [-0.2, 0) is 0 Å². The average Bonchev–Trinajstić information content (AvgIpc) is 3.15. The van der Waals surface area contributed by atoms with Gasteiger partial charge < -0.3 is 15.7 Å². The van der Waals surface area contributed by atoms with Gasteiger partial charge in [0.1, 0.15) is 5.82 Å². The highest BCUT2D eigenvalue weighted by atomic mass is 19.1. The molecule has 1 atom stereocenters. The van der Waals surface area contributed by atoms with Gasteiger partial charge in [-0.25, -0.2) is 13.9 Å². The van der Waals surface area contributed by atoms with Crippen molar-refractivity contribution in [3.05, 3.63) is 78.4 Å². The molecule has 0 fully saturated rings. The summed E-state index contributed by atoms with van der Waals surface area (Å²) < 4.78 is 14.5. The van der Waals surface area contributed by atoms with Gasteiger partial charge in [-0.3, -0.25) is 0 Å². The molecular weight excluding hydrogens is 323 g/mol. The fourth-order valence-electron chi connectivity index (χ4n) is 2.35. The van der Waals surface area contributed by atoms with E-state index in [1.54, 1.807) is 35.3 Å². The molecule has 2 amide bonds. The first-order valence-corrected chi connectivity index (χ1v) is 7.71. The minimum Gasteiger partial charge on any atom is -0.387 e. The van der Waals surface area contributed by atoms with Gasteiger partial charge in [0.05, 0.1) is 17.5 Å². The molecule has 3 N–H and O–H groups in total. The van der Waals surface area contributed by atoms with Crippen LogP contribution >= 0.6 is 0 Å². The number of amides is 2. The van der Waals surface area contributed by atoms with Crippen molar-refractivity contribution in [1.82, 2.24) is 15.1 Å². The zero-order valence-corrected chi connectivity index (χ0v) is 13.3. The highest BCUT2D eigenvalue weighted by Crippen LogP contribution is 2.19. The van der Waals surface area contributed by atoms with Crippen molar-refractivity contribution in [3.8, 4) is 5.69 Å². The molecule has 6 nitrogen and oxygen atoms in total. The van der Waals surface area contributed by atoms with E-state index in [1.807, 2.05) is 12.1 Å². The fourth-order valence-corrected chi connectivity index (χ4v) is 2.35. The summed E-state index contributed by atoms with van der Waals surface area (Å²) in [6.07, 6.45) is 2.50. The molecular formula is C18H17FN4O2. The number of aliphatic hydroxyl groups excluding tert-OH is 1. The summed E-state index contributed by atoms with van der Waals surface area (Å²) in [6.45, 7) is 0.00139. The van der Waals surface area contributed by atoms with Crippen LogP contribution in [0.3, 0.4) is 0 Å². The van der Waals surface area contributed by atoms with Crippen LogP contribution in [-0.4, -0.2) is 27.5 Å². The second kappa shape index (κ2) is 7.59. The SMILES string of the molecule is O=C(NCC(O)c1ccc(F)cc1)Nc1ccccc1-n1cccn1. The predicted octanol–water partition coefficient (Wildman–Crippen LogP) is 2.87. The van der Waals surface area contributed by atoms with Crippen molar-refractivity contribution in [1.29, 1.82) is 0 Å². The first-order chi connectivity index (χ1) is 12.1. The molecule has 0 saturated heterocycles. The Kier molecular flexibility index (Phi) is 5.06. The van der Waals surface area contributed by atoms with Crippen LogP contribution in [0.1, 0.15) is 11.7 Å². The minimum absolute atomic E-state index is 0.00139. The normalized spacial score (nSPS) is 11.8. The van der Waals surface area contributed by atoms with E-state index in [9.17, 15) is 14.3 Å². The lowest BCUT2D eigenvalue weighted by molar-refractivity contribution is 0.175. The van der Waals surface area contributed by atoms with Gasteiger partial charge in [0.2, 0.25) is 0 Å². The molecule has 1 aromatic heterocycles. The number of hydrogen-bond donors (Lipinski definition) is 3. The molecule has 0 aliphatic rings. The van der Waals surface area contributed by atoms with Crippen molar-refractivity contribution in [3.63, 3.8) is 0 Å². The van der Waals surface area contributed by atoms with E-state index in [2.05, 4.69) is 15.7 Å². The summed E-state index contributed by atoms with van der Waals surface area (Å²) in [7, 11) is 0. The van der Waals surface area contributed by atoms with Crippen LogP contribution in [0.2, 0.25) is 0 Å². The Morgan fingerprint density at radius 1 is 1.16 bits per heavy atom. The van der Waals surface area contributed by atoms with Gasteiger partial charge in [-0.05, 0) is 35.9 Å². The Morgan fingerprint density at radius 3 is 2.64 bits per heavy atom. The number of nitrogens with zero attached hydrogens (tertiary/aromatic N) is 2. The smallest absolute Gasteiger partial charge is 0.319 e. The van der Waals surface area contributed by atoms with E-state index in [4.69, 9.17) is 0 Å². The lowest BCUT2D eigenvalue weighted by atomic mass is 10.1. The van der Waals surface area contributed by atoms with Crippen molar-refractivity contribution in [2.75, 3.05) is 11.9 Å². The first-order valence-electron chi connectivity index (χ1n) is 7.71. The Labute approximate surface area is 143 Å². The lowest BCUT2D eigenvalue weighted by Crippen LogP contribution is -2.32. The molecule has 3 aromatic rings. The third-order valence-corrected chi connectivity index (χ3v) is 3.61. The predicted molar refractivity (Wildman–Crippen MR) is 91.9 cm³/mol. The number of rotatable bonds is 5. The van der Waals surface area contributed by atoms with Crippen molar-refractivity contribution < 1.29 is 14.3 Å². The standard InChI is InChI=1S/C18H17FN4O2/c19-14-8-6-13(7-9-14)17(24)12-20-18(25)22-15-4-1-2-5-16(15)23-11-3-10-21-23/h1-11,17,24H,12H2,(H2,20,22,25). The van der Waals surface area contributed by atoms with E-state index in [1.165, 1.54) is 24.3 Å². The maximum atomic E-state index is 12.9. The monoisotopic (exact) mass is 340 g/mol. The summed E-state index contributed by atoms with van der Waals surface area (Å²) >= 11 is 0. The van der Waals surface area contributed by atoms with Crippen LogP contribution in [0.4, 0.5) is 14.9 Å². The topological polar surface area (TPSA) is 79.2 Å². The number of halogens is 1. The second-order valence-electron chi connectivity index (χ2n) is 5.37.